The summed E-state index contributed by atoms with van der Waals surface area (Å²) in [5.74, 6) is 0.0778. The van der Waals surface area contributed by atoms with Crippen LogP contribution in [0.4, 0.5) is 0 Å². The lowest BCUT2D eigenvalue weighted by molar-refractivity contribution is -0.130. The molecule has 0 unspecified atom stereocenters. The molecule has 0 aliphatic rings. The number of rotatable bonds is 7. The molecule has 1 amide bonds. The molecule has 8 nitrogen and oxygen atoms in total. The topological polar surface area (TPSA) is 112 Å². The lowest BCUT2D eigenvalue weighted by atomic mass is 10.2. The molecule has 0 saturated heterocycles. The van der Waals surface area contributed by atoms with Crippen LogP contribution in [0.5, 0.6) is 0 Å². The Morgan fingerprint density at radius 3 is 2.62 bits per heavy atom. The number of halogens is 1. The number of H-pyrrole nitrogens is 1. The molecule has 3 rings (SSSR count). The third-order valence-electron chi connectivity index (χ3n) is 4.23. The molecule has 0 radical (unpaired) electrons. The molecule has 0 aliphatic carbocycles. The zero-order valence-electron chi connectivity index (χ0n) is 15.6. The van der Waals surface area contributed by atoms with Gasteiger partial charge in [0.2, 0.25) is 15.9 Å². The summed E-state index contributed by atoms with van der Waals surface area (Å²) in [6.45, 7) is 0.0599. The van der Waals surface area contributed by atoms with Crippen LogP contribution in [0.15, 0.2) is 62.7 Å². The highest BCUT2D eigenvalue weighted by Crippen LogP contribution is 2.20. The summed E-state index contributed by atoms with van der Waals surface area (Å²) >= 11 is 3.21. The minimum absolute atomic E-state index is 0.0298. The molecule has 152 valence electrons. The highest BCUT2D eigenvalue weighted by atomic mass is 79.9. The van der Waals surface area contributed by atoms with Crippen LogP contribution in [0.3, 0.4) is 0 Å². The predicted octanol–water partition coefficient (Wildman–Crippen LogP) is 2.01. The normalized spacial score (nSPS) is 11.5. The second-order valence-electron chi connectivity index (χ2n) is 6.36. The van der Waals surface area contributed by atoms with Crippen molar-refractivity contribution in [2.24, 2.45) is 0 Å². The molecule has 0 fully saturated rings. The zero-order valence-corrected chi connectivity index (χ0v) is 18.0. The summed E-state index contributed by atoms with van der Waals surface area (Å²) in [5.41, 5.74) is 0.279. The largest absolute Gasteiger partial charge is 0.338 e. The Kier molecular flexibility index (Phi) is 6.46. The van der Waals surface area contributed by atoms with Crippen LogP contribution in [-0.4, -0.2) is 42.8 Å². The fourth-order valence-electron chi connectivity index (χ4n) is 2.75. The SMILES string of the molecule is CN(Cc1nc2ccccc2c(=O)[nH]1)C(=O)CCNS(=O)(=O)c1ccccc1Br. The number of aromatic nitrogens is 2. The first-order valence-electron chi connectivity index (χ1n) is 8.74. The Labute approximate surface area is 176 Å². The third-order valence-corrected chi connectivity index (χ3v) is 6.70. The minimum atomic E-state index is -3.73. The van der Waals surface area contributed by atoms with Crippen molar-refractivity contribution in [3.8, 4) is 0 Å². The van der Waals surface area contributed by atoms with Crippen LogP contribution in [0.25, 0.3) is 10.9 Å². The van der Waals surface area contributed by atoms with E-state index in [2.05, 4.69) is 30.6 Å². The van der Waals surface area contributed by atoms with Crippen LogP contribution >= 0.6 is 15.9 Å². The molecule has 29 heavy (non-hydrogen) atoms. The highest BCUT2D eigenvalue weighted by Gasteiger charge is 2.18. The second kappa shape index (κ2) is 8.85. The molecule has 0 atom stereocenters. The summed E-state index contributed by atoms with van der Waals surface area (Å²) in [6.07, 6.45) is -0.0298. The van der Waals surface area contributed by atoms with Crippen molar-refractivity contribution in [3.05, 3.63) is 69.2 Å². The van der Waals surface area contributed by atoms with E-state index in [-0.39, 0.29) is 35.9 Å². The van der Waals surface area contributed by atoms with Crippen molar-refractivity contribution in [3.63, 3.8) is 0 Å². The van der Waals surface area contributed by atoms with Crippen molar-refractivity contribution in [1.29, 1.82) is 0 Å². The van der Waals surface area contributed by atoms with E-state index in [0.29, 0.717) is 21.2 Å². The fraction of sp³-hybridized carbons (Fsp3) is 0.211. The Balaban J connectivity index is 1.60. The van der Waals surface area contributed by atoms with Gasteiger partial charge in [-0.2, -0.15) is 0 Å². The number of carbonyl (C=O) groups is 1. The van der Waals surface area contributed by atoms with Gasteiger partial charge in [-0.1, -0.05) is 24.3 Å². The summed E-state index contributed by atoms with van der Waals surface area (Å²) in [5, 5.41) is 0.478. The van der Waals surface area contributed by atoms with Crippen LogP contribution in [0, 0.1) is 0 Å². The maximum absolute atomic E-state index is 12.3. The number of benzene rings is 2. The zero-order chi connectivity index (χ0) is 21.0. The monoisotopic (exact) mass is 478 g/mol. The number of fused-ring (bicyclic) bond motifs is 1. The molecule has 3 aromatic rings. The Morgan fingerprint density at radius 2 is 1.86 bits per heavy atom. The van der Waals surface area contributed by atoms with Crippen molar-refractivity contribution in [2.75, 3.05) is 13.6 Å². The van der Waals surface area contributed by atoms with Crippen LogP contribution in [0.1, 0.15) is 12.2 Å². The number of hydrogen-bond donors (Lipinski definition) is 2. The number of carbonyl (C=O) groups excluding carboxylic acids is 1. The van der Waals surface area contributed by atoms with Crippen LogP contribution in [-0.2, 0) is 21.4 Å². The smallest absolute Gasteiger partial charge is 0.258 e. The van der Waals surface area contributed by atoms with Crippen molar-refractivity contribution >= 4 is 42.8 Å². The first-order valence-corrected chi connectivity index (χ1v) is 11.0. The number of nitrogens with one attached hydrogen (secondary N) is 2. The molecule has 0 aliphatic heterocycles. The number of sulfonamides is 1. The Bertz CT molecular complexity index is 1210. The Hall–Kier alpha value is -2.56. The quantitative estimate of drug-likeness (QED) is 0.539. The summed E-state index contributed by atoms with van der Waals surface area (Å²) < 4.78 is 27.6. The van der Waals surface area contributed by atoms with Gasteiger partial charge in [0.1, 0.15) is 5.82 Å². The van der Waals surface area contributed by atoms with E-state index in [1.807, 2.05) is 0 Å². The summed E-state index contributed by atoms with van der Waals surface area (Å²) in [6, 6.07) is 13.4. The average molecular weight is 479 g/mol. The maximum atomic E-state index is 12.3. The van der Waals surface area contributed by atoms with Gasteiger partial charge in [0.25, 0.3) is 5.56 Å². The molecular weight excluding hydrogens is 460 g/mol. The van der Waals surface area contributed by atoms with Gasteiger partial charge in [-0.25, -0.2) is 18.1 Å². The second-order valence-corrected chi connectivity index (χ2v) is 8.95. The van der Waals surface area contributed by atoms with Gasteiger partial charge in [0, 0.05) is 24.5 Å². The Morgan fingerprint density at radius 1 is 1.17 bits per heavy atom. The van der Waals surface area contributed by atoms with Gasteiger partial charge in [0.15, 0.2) is 0 Å². The predicted molar refractivity (Wildman–Crippen MR) is 113 cm³/mol. The van der Waals surface area contributed by atoms with Gasteiger partial charge in [-0.05, 0) is 40.2 Å². The van der Waals surface area contributed by atoms with E-state index in [9.17, 15) is 18.0 Å². The molecule has 1 aromatic heterocycles. The molecule has 0 saturated carbocycles. The van der Waals surface area contributed by atoms with E-state index in [1.54, 1.807) is 49.5 Å². The molecule has 2 aromatic carbocycles. The van der Waals surface area contributed by atoms with Crippen LogP contribution in [0.2, 0.25) is 0 Å². The van der Waals surface area contributed by atoms with E-state index in [4.69, 9.17) is 0 Å². The van der Waals surface area contributed by atoms with Crippen molar-refractivity contribution in [1.82, 2.24) is 19.6 Å². The van der Waals surface area contributed by atoms with Crippen LogP contribution < -0.4 is 10.3 Å². The van der Waals surface area contributed by atoms with Crippen molar-refractivity contribution < 1.29 is 13.2 Å². The van der Waals surface area contributed by atoms with Gasteiger partial charge < -0.3 is 9.88 Å². The average Bonchev–Trinajstić information content (AvgIpc) is 2.68. The van der Waals surface area contributed by atoms with E-state index >= 15 is 0 Å². The van der Waals surface area contributed by atoms with Crippen molar-refractivity contribution in [2.45, 2.75) is 17.9 Å². The lowest BCUT2D eigenvalue weighted by Gasteiger charge is -2.17. The molecule has 0 bridgehead atoms. The number of nitrogens with zero attached hydrogens (tertiary/aromatic N) is 2. The lowest BCUT2D eigenvalue weighted by Crippen LogP contribution is -2.32. The third kappa shape index (κ3) is 5.08. The van der Waals surface area contributed by atoms with E-state index in [1.165, 1.54) is 11.0 Å². The molecule has 2 N–H and O–H groups in total. The first kappa shape index (κ1) is 21.2. The number of amides is 1. The molecule has 10 heteroatoms. The fourth-order valence-corrected chi connectivity index (χ4v) is 4.78. The standard InChI is InChI=1S/C19H19BrN4O4S/c1-24(12-17-22-15-8-4-2-6-13(15)19(26)23-17)18(25)10-11-21-29(27,28)16-9-5-3-7-14(16)20/h2-9,21H,10-12H2,1H3,(H,22,23,26). The number of aromatic amines is 1. The van der Waals surface area contributed by atoms with E-state index in [0.717, 1.165) is 0 Å². The maximum Gasteiger partial charge on any atom is 0.258 e. The molecular formula is C19H19BrN4O4S. The summed E-state index contributed by atoms with van der Waals surface area (Å²) in [7, 11) is -2.16. The minimum Gasteiger partial charge on any atom is -0.338 e. The van der Waals surface area contributed by atoms with Gasteiger partial charge in [-0.3, -0.25) is 9.59 Å². The molecule has 1 heterocycles. The molecule has 0 spiro atoms. The van der Waals surface area contributed by atoms with Gasteiger partial charge in [0.05, 0.1) is 22.3 Å². The van der Waals surface area contributed by atoms with E-state index < -0.39 is 10.0 Å². The first-order chi connectivity index (χ1) is 13.8. The highest BCUT2D eigenvalue weighted by molar-refractivity contribution is 9.10. The number of para-hydroxylation sites is 1. The van der Waals surface area contributed by atoms with Gasteiger partial charge in [-0.15, -0.1) is 0 Å². The van der Waals surface area contributed by atoms with Gasteiger partial charge >= 0.3 is 0 Å². The summed E-state index contributed by atoms with van der Waals surface area (Å²) in [4.78, 5) is 33.0. The number of hydrogen-bond acceptors (Lipinski definition) is 5.